The van der Waals surface area contributed by atoms with Gasteiger partial charge >= 0.3 is 5.97 Å². The van der Waals surface area contributed by atoms with Crippen molar-refractivity contribution in [2.24, 2.45) is 0 Å². The van der Waals surface area contributed by atoms with Gasteiger partial charge in [-0.15, -0.1) is 0 Å². The molecule has 2 aromatic rings. The molecule has 1 atom stereocenters. The third kappa shape index (κ3) is 4.25. The summed E-state index contributed by atoms with van der Waals surface area (Å²) in [7, 11) is 0. The molecule has 0 amide bonds. The van der Waals surface area contributed by atoms with Crippen LogP contribution in [0.5, 0.6) is 0 Å². The molecule has 0 unspecified atom stereocenters. The Morgan fingerprint density at radius 1 is 1.41 bits per heavy atom. The lowest BCUT2D eigenvalue weighted by molar-refractivity contribution is -0.138. The van der Waals surface area contributed by atoms with Crippen LogP contribution < -0.4 is 5.32 Å². The van der Waals surface area contributed by atoms with Crippen LogP contribution in [-0.2, 0) is 4.79 Å². The zero-order valence-corrected chi connectivity index (χ0v) is 12.8. The van der Waals surface area contributed by atoms with Crippen molar-refractivity contribution < 1.29 is 9.90 Å². The van der Waals surface area contributed by atoms with Gasteiger partial charge in [0.1, 0.15) is 11.9 Å². The second-order valence-electron chi connectivity index (χ2n) is 5.14. The van der Waals surface area contributed by atoms with E-state index in [9.17, 15) is 9.90 Å². The highest BCUT2D eigenvalue weighted by molar-refractivity contribution is 5.77. The van der Waals surface area contributed by atoms with Crippen LogP contribution in [-0.4, -0.2) is 32.1 Å². The van der Waals surface area contributed by atoms with Crippen LogP contribution in [0.4, 0.5) is 5.82 Å². The van der Waals surface area contributed by atoms with E-state index in [1.165, 1.54) is 0 Å². The van der Waals surface area contributed by atoms with Crippen molar-refractivity contribution in [1.82, 2.24) is 15.0 Å². The second-order valence-corrected chi connectivity index (χ2v) is 5.14. The van der Waals surface area contributed by atoms with Gasteiger partial charge < -0.3 is 10.4 Å². The minimum Gasteiger partial charge on any atom is -0.480 e. The largest absolute Gasteiger partial charge is 0.480 e. The first-order valence-corrected chi connectivity index (χ1v) is 7.35. The van der Waals surface area contributed by atoms with Gasteiger partial charge in [0.05, 0.1) is 0 Å². The van der Waals surface area contributed by atoms with E-state index in [-0.39, 0.29) is 0 Å². The Morgan fingerprint density at radius 3 is 2.86 bits per heavy atom. The van der Waals surface area contributed by atoms with Crippen molar-refractivity contribution in [3.8, 4) is 11.4 Å². The molecule has 6 heteroatoms. The summed E-state index contributed by atoms with van der Waals surface area (Å²) in [4.78, 5) is 24.2. The normalized spacial score (nSPS) is 11.9. The van der Waals surface area contributed by atoms with E-state index in [1.807, 2.05) is 26.0 Å². The van der Waals surface area contributed by atoms with Crippen molar-refractivity contribution in [2.45, 2.75) is 39.2 Å². The number of carbonyl (C=O) groups is 1. The van der Waals surface area contributed by atoms with Crippen LogP contribution in [0.15, 0.2) is 30.6 Å². The van der Waals surface area contributed by atoms with Crippen molar-refractivity contribution in [3.05, 3.63) is 36.3 Å². The number of hydrogen-bond acceptors (Lipinski definition) is 5. The average molecular weight is 300 g/mol. The fourth-order valence-corrected chi connectivity index (χ4v) is 2.11. The predicted molar refractivity (Wildman–Crippen MR) is 84.6 cm³/mol. The van der Waals surface area contributed by atoms with Crippen LogP contribution in [0.3, 0.4) is 0 Å². The molecule has 2 aromatic heterocycles. The molecule has 116 valence electrons. The number of nitrogens with one attached hydrogen (secondary N) is 1. The minimum atomic E-state index is -0.868. The van der Waals surface area contributed by atoms with Gasteiger partial charge in [-0.3, -0.25) is 4.98 Å². The van der Waals surface area contributed by atoms with Crippen molar-refractivity contribution >= 4 is 11.8 Å². The standard InChI is InChI=1S/C16H20N4O2/c1-3-4-7-13(16(21)22)19-14-9-11(2)18-15(20-14)12-6-5-8-17-10-12/h5-6,8-10,13H,3-4,7H2,1-2H3,(H,21,22)(H,18,19,20)/t13-/m0/s1. The molecule has 0 radical (unpaired) electrons. The van der Waals surface area contributed by atoms with E-state index < -0.39 is 12.0 Å². The summed E-state index contributed by atoms with van der Waals surface area (Å²) in [6.45, 7) is 3.89. The molecule has 0 bridgehead atoms. The third-order valence-corrected chi connectivity index (χ3v) is 3.24. The second kappa shape index (κ2) is 7.49. The van der Waals surface area contributed by atoms with Gasteiger partial charge in [-0.25, -0.2) is 14.8 Å². The Bertz CT molecular complexity index is 631. The highest BCUT2D eigenvalue weighted by Crippen LogP contribution is 2.18. The Balaban J connectivity index is 2.24. The summed E-state index contributed by atoms with van der Waals surface area (Å²) in [5.74, 6) is 0.192. The molecule has 0 saturated heterocycles. The van der Waals surface area contributed by atoms with Gasteiger partial charge in [0.25, 0.3) is 0 Å². The first-order chi connectivity index (χ1) is 10.6. The van der Waals surface area contributed by atoms with Gasteiger partial charge in [0.2, 0.25) is 0 Å². The summed E-state index contributed by atoms with van der Waals surface area (Å²) >= 11 is 0. The molecule has 0 fully saturated rings. The number of aryl methyl sites for hydroxylation is 1. The molecule has 2 rings (SSSR count). The number of carboxylic acids is 1. The van der Waals surface area contributed by atoms with Gasteiger partial charge in [0, 0.05) is 29.7 Å². The van der Waals surface area contributed by atoms with Gasteiger partial charge in [0.15, 0.2) is 5.82 Å². The Kier molecular flexibility index (Phi) is 5.41. The zero-order valence-electron chi connectivity index (χ0n) is 12.8. The number of nitrogens with zero attached hydrogens (tertiary/aromatic N) is 3. The number of aliphatic carboxylic acids is 1. The van der Waals surface area contributed by atoms with Crippen LogP contribution in [0, 0.1) is 6.92 Å². The fraction of sp³-hybridized carbons (Fsp3) is 0.375. The molecule has 0 spiro atoms. The van der Waals surface area contributed by atoms with Crippen molar-refractivity contribution in [3.63, 3.8) is 0 Å². The number of aromatic nitrogens is 3. The van der Waals surface area contributed by atoms with E-state index in [2.05, 4.69) is 20.3 Å². The van der Waals surface area contributed by atoms with E-state index in [0.717, 1.165) is 24.1 Å². The molecule has 0 aliphatic rings. The summed E-state index contributed by atoms with van der Waals surface area (Å²) in [5.41, 5.74) is 1.57. The van der Waals surface area contributed by atoms with E-state index >= 15 is 0 Å². The summed E-state index contributed by atoms with van der Waals surface area (Å²) in [6.07, 6.45) is 5.74. The Labute approximate surface area is 129 Å². The Morgan fingerprint density at radius 2 is 2.23 bits per heavy atom. The molecule has 6 nitrogen and oxygen atoms in total. The maximum atomic E-state index is 11.3. The predicted octanol–water partition coefficient (Wildman–Crippen LogP) is 2.90. The van der Waals surface area contributed by atoms with Crippen LogP contribution in [0.1, 0.15) is 31.9 Å². The van der Waals surface area contributed by atoms with E-state index in [4.69, 9.17) is 0 Å². The topological polar surface area (TPSA) is 88.0 Å². The lowest BCUT2D eigenvalue weighted by Crippen LogP contribution is -2.29. The SMILES string of the molecule is CCCC[C@H](Nc1cc(C)nc(-c2cccnc2)n1)C(=O)O. The highest BCUT2D eigenvalue weighted by Gasteiger charge is 2.17. The van der Waals surface area contributed by atoms with Gasteiger partial charge in [-0.1, -0.05) is 19.8 Å². The quantitative estimate of drug-likeness (QED) is 0.817. The summed E-state index contributed by atoms with van der Waals surface area (Å²) < 4.78 is 0. The van der Waals surface area contributed by atoms with E-state index in [0.29, 0.717) is 18.1 Å². The molecular formula is C16H20N4O2. The molecule has 0 aliphatic carbocycles. The number of pyridine rings is 1. The summed E-state index contributed by atoms with van der Waals surface area (Å²) in [5, 5.41) is 12.3. The maximum absolute atomic E-state index is 11.3. The van der Waals surface area contributed by atoms with Crippen molar-refractivity contribution in [1.29, 1.82) is 0 Å². The Hall–Kier alpha value is -2.50. The monoisotopic (exact) mass is 300 g/mol. The smallest absolute Gasteiger partial charge is 0.326 e. The first kappa shape index (κ1) is 15.9. The molecular weight excluding hydrogens is 280 g/mol. The lowest BCUT2D eigenvalue weighted by Gasteiger charge is -2.15. The average Bonchev–Trinajstić information content (AvgIpc) is 2.51. The van der Waals surface area contributed by atoms with Crippen LogP contribution in [0.2, 0.25) is 0 Å². The number of rotatable bonds is 7. The number of hydrogen-bond donors (Lipinski definition) is 2. The van der Waals surface area contributed by atoms with Crippen LogP contribution in [0.25, 0.3) is 11.4 Å². The molecule has 0 aliphatic heterocycles. The highest BCUT2D eigenvalue weighted by atomic mass is 16.4. The minimum absolute atomic E-state index is 0.523. The summed E-state index contributed by atoms with van der Waals surface area (Å²) in [6, 6.07) is 4.80. The third-order valence-electron chi connectivity index (χ3n) is 3.24. The number of carboxylic acid groups (broad SMARTS) is 1. The maximum Gasteiger partial charge on any atom is 0.326 e. The lowest BCUT2D eigenvalue weighted by atomic mass is 10.1. The van der Waals surface area contributed by atoms with Gasteiger partial charge in [-0.05, 0) is 25.5 Å². The molecule has 2 heterocycles. The molecule has 0 aromatic carbocycles. The molecule has 0 saturated carbocycles. The molecule has 22 heavy (non-hydrogen) atoms. The van der Waals surface area contributed by atoms with Crippen molar-refractivity contribution in [2.75, 3.05) is 5.32 Å². The fourth-order valence-electron chi connectivity index (χ4n) is 2.11. The van der Waals surface area contributed by atoms with Crippen LogP contribution >= 0.6 is 0 Å². The molecule has 2 N–H and O–H groups in total. The first-order valence-electron chi connectivity index (χ1n) is 7.35. The van der Waals surface area contributed by atoms with E-state index in [1.54, 1.807) is 18.5 Å². The number of anilines is 1. The van der Waals surface area contributed by atoms with Gasteiger partial charge in [-0.2, -0.15) is 0 Å². The zero-order chi connectivity index (χ0) is 15.9. The number of unbranched alkanes of at least 4 members (excludes halogenated alkanes) is 1.